The largest absolute Gasteiger partial charge is 0.323 e. The number of nitrogens with one attached hydrogen (secondary N) is 1. The second-order valence-corrected chi connectivity index (χ2v) is 5.29. The minimum absolute atomic E-state index is 0.0428. The highest BCUT2D eigenvalue weighted by molar-refractivity contribution is 8.00. The fraction of sp³-hybridized carbons (Fsp3) is 0.308. The summed E-state index contributed by atoms with van der Waals surface area (Å²) in [6.07, 6.45) is 0. The Kier molecular flexibility index (Phi) is 4.21. The molecule has 1 aliphatic heterocycles. The summed E-state index contributed by atoms with van der Waals surface area (Å²) in [5.41, 5.74) is 1.10. The first-order valence-corrected chi connectivity index (χ1v) is 6.83. The molecule has 0 saturated carbocycles. The molecule has 100 valence electrons. The average Bonchev–Trinajstić information content (AvgIpc) is 2.36. The van der Waals surface area contributed by atoms with Crippen molar-refractivity contribution in [2.75, 3.05) is 18.8 Å². The van der Waals surface area contributed by atoms with E-state index in [2.05, 4.69) is 5.32 Å². The fourth-order valence-electron chi connectivity index (χ4n) is 1.76. The zero-order chi connectivity index (χ0) is 13.8. The molecule has 1 heterocycles. The quantitative estimate of drug-likeness (QED) is 0.648. The van der Waals surface area contributed by atoms with Gasteiger partial charge in [0.05, 0.1) is 5.75 Å². The van der Waals surface area contributed by atoms with Crippen LogP contribution in [-0.2, 0) is 14.4 Å². The van der Waals surface area contributed by atoms with Crippen molar-refractivity contribution in [3.05, 3.63) is 29.8 Å². The summed E-state index contributed by atoms with van der Waals surface area (Å²) in [5.74, 6) is -0.821. The van der Waals surface area contributed by atoms with Crippen LogP contribution in [0.4, 0.5) is 0 Å². The predicted octanol–water partition coefficient (Wildman–Crippen LogP) is 0.572. The summed E-state index contributed by atoms with van der Waals surface area (Å²) in [7, 11) is 0. The van der Waals surface area contributed by atoms with Gasteiger partial charge in [-0.2, -0.15) is 0 Å². The lowest BCUT2D eigenvalue weighted by atomic mass is 10.2. The number of amides is 3. The van der Waals surface area contributed by atoms with Crippen LogP contribution in [0.15, 0.2) is 29.2 Å². The van der Waals surface area contributed by atoms with Gasteiger partial charge >= 0.3 is 0 Å². The van der Waals surface area contributed by atoms with E-state index >= 15 is 0 Å². The van der Waals surface area contributed by atoms with Crippen LogP contribution in [0.25, 0.3) is 0 Å². The third-order valence-electron chi connectivity index (χ3n) is 2.75. The van der Waals surface area contributed by atoms with Gasteiger partial charge in [-0.15, -0.1) is 11.8 Å². The molecule has 0 unspecified atom stereocenters. The number of imide groups is 1. The van der Waals surface area contributed by atoms with Crippen molar-refractivity contribution in [1.29, 1.82) is 0 Å². The Morgan fingerprint density at radius 2 is 1.89 bits per heavy atom. The van der Waals surface area contributed by atoms with Crippen molar-refractivity contribution in [3.8, 4) is 0 Å². The smallest absolute Gasteiger partial charge is 0.246 e. The molecule has 5 nitrogen and oxygen atoms in total. The van der Waals surface area contributed by atoms with Crippen LogP contribution in [0, 0.1) is 6.92 Å². The molecule has 0 bridgehead atoms. The van der Waals surface area contributed by atoms with Crippen molar-refractivity contribution in [2.24, 2.45) is 0 Å². The maximum atomic E-state index is 11.9. The van der Waals surface area contributed by atoms with Crippen LogP contribution in [-0.4, -0.2) is 41.5 Å². The lowest BCUT2D eigenvalue weighted by molar-refractivity contribution is -0.144. The van der Waals surface area contributed by atoms with E-state index < -0.39 is 11.8 Å². The number of rotatable bonds is 3. The Balaban J connectivity index is 1.93. The molecule has 1 N–H and O–H groups in total. The zero-order valence-electron chi connectivity index (χ0n) is 10.5. The first kappa shape index (κ1) is 13.6. The number of nitrogens with zero attached hydrogens (tertiary/aromatic N) is 1. The molecule has 19 heavy (non-hydrogen) atoms. The number of hydrogen-bond donors (Lipinski definition) is 1. The maximum Gasteiger partial charge on any atom is 0.246 e. The van der Waals surface area contributed by atoms with Crippen molar-refractivity contribution < 1.29 is 14.4 Å². The Morgan fingerprint density at radius 1 is 1.26 bits per heavy atom. The zero-order valence-corrected chi connectivity index (χ0v) is 11.3. The lowest BCUT2D eigenvalue weighted by Crippen LogP contribution is -2.53. The number of carbonyl (C=O) groups is 3. The average molecular weight is 278 g/mol. The summed E-state index contributed by atoms with van der Waals surface area (Å²) in [6, 6.07) is 7.78. The van der Waals surface area contributed by atoms with Gasteiger partial charge in [0.25, 0.3) is 0 Å². The lowest BCUT2D eigenvalue weighted by Gasteiger charge is -2.25. The normalized spacial score (nSPS) is 15.3. The van der Waals surface area contributed by atoms with E-state index in [0.717, 1.165) is 10.5 Å². The van der Waals surface area contributed by atoms with E-state index in [4.69, 9.17) is 0 Å². The molecule has 3 amide bonds. The van der Waals surface area contributed by atoms with Gasteiger partial charge in [0.1, 0.15) is 13.1 Å². The Hall–Kier alpha value is -1.82. The molecule has 1 aliphatic rings. The molecule has 1 aromatic rings. The molecular weight excluding hydrogens is 264 g/mol. The third kappa shape index (κ3) is 3.57. The first-order valence-electron chi connectivity index (χ1n) is 5.85. The summed E-state index contributed by atoms with van der Waals surface area (Å²) >= 11 is 1.42. The van der Waals surface area contributed by atoms with Gasteiger partial charge in [0.2, 0.25) is 17.7 Å². The van der Waals surface area contributed by atoms with Crippen LogP contribution < -0.4 is 5.32 Å². The van der Waals surface area contributed by atoms with E-state index in [1.807, 2.05) is 31.2 Å². The summed E-state index contributed by atoms with van der Waals surface area (Å²) < 4.78 is 0. The van der Waals surface area contributed by atoms with Crippen molar-refractivity contribution in [1.82, 2.24) is 10.2 Å². The molecule has 1 aromatic carbocycles. The highest BCUT2D eigenvalue weighted by Gasteiger charge is 2.26. The van der Waals surface area contributed by atoms with Crippen molar-refractivity contribution >= 4 is 29.5 Å². The second kappa shape index (κ2) is 5.88. The van der Waals surface area contributed by atoms with E-state index in [1.54, 1.807) is 0 Å². The molecular formula is C13H14N2O3S. The topological polar surface area (TPSA) is 66.5 Å². The second-order valence-electron chi connectivity index (χ2n) is 4.28. The Morgan fingerprint density at radius 3 is 2.53 bits per heavy atom. The SMILES string of the molecule is Cc1ccccc1SCC(=O)N1CC(=O)NC(=O)C1. The minimum atomic E-state index is -0.425. The van der Waals surface area contributed by atoms with Crippen molar-refractivity contribution in [3.63, 3.8) is 0 Å². The first-order chi connectivity index (χ1) is 9.06. The number of carbonyl (C=O) groups excluding carboxylic acids is 3. The molecule has 0 aliphatic carbocycles. The molecule has 1 saturated heterocycles. The van der Waals surface area contributed by atoms with Gasteiger partial charge in [0.15, 0.2) is 0 Å². The number of piperazine rings is 1. The van der Waals surface area contributed by atoms with Crippen LogP contribution in [0.5, 0.6) is 0 Å². The Bertz CT molecular complexity index is 514. The van der Waals surface area contributed by atoms with E-state index in [0.29, 0.717) is 0 Å². The summed E-state index contributed by atoms with van der Waals surface area (Å²) in [5, 5.41) is 2.17. The van der Waals surface area contributed by atoms with Crippen LogP contribution in [0.3, 0.4) is 0 Å². The molecule has 0 radical (unpaired) electrons. The number of benzene rings is 1. The van der Waals surface area contributed by atoms with Gasteiger partial charge in [-0.3, -0.25) is 19.7 Å². The standard InChI is InChI=1S/C13H14N2O3S/c1-9-4-2-3-5-10(9)19-8-13(18)15-6-11(16)14-12(17)7-15/h2-5H,6-8H2,1H3,(H,14,16,17). The molecule has 0 spiro atoms. The number of hydrogen-bond acceptors (Lipinski definition) is 4. The molecule has 2 rings (SSSR count). The maximum absolute atomic E-state index is 11.9. The summed E-state index contributed by atoms with van der Waals surface area (Å²) in [6.45, 7) is 1.89. The highest BCUT2D eigenvalue weighted by Crippen LogP contribution is 2.22. The van der Waals surface area contributed by atoms with Crippen LogP contribution >= 0.6 is 11.8 Å². The van der Waals surface area contributed by atoms with Gasteiger partial charge in [-0.25, -0.2) is 0 Å². The van der Waals surface area contributed by atoms with E-state index in [-0.39, 0.29) is 24.7 Å². The molecule has 0 aromatic heterocycles. The monoisotopic (exact) mass is 278 g/mol. The minimum Gasteiger partial charge on any atom is -0.323 e. The van der Waals surface area contributed by atoms with Gasteiger partial charge in [-0.1, -0.05) is 18.2 Å². The van der Waals surface area contributed by atoms with E-state index in [9.17, 15) is 14.4 Å². The van der Waals surface area contributed by atoms with Crippen molar-refractivity contribution in [2.45, 2.75) is 11.8 Å². The van der Waals surface area contributed by atoms with Gasteiger partial charge < -0.3 is 4.90 Å². The third-order valence-corrected chi connectivity index (χ3v) is 3.91. The molecule has 0 atom stereocenters. The van der Waals surface area contributed by atoms with Crippen LogP contribution in [0.2, 0.25) is 0 Å². The predicted molar refractivity (Wildman–Crippen MR) is 71.6 cm³/mol. The van der Waals surface area contributed by atoms with Gasteiger partial charge in [-0.05, 0) is 18.6 Å². The summed E-state index contributed by atoms with van der Waals surface area (Å²) in [4.78, 5) is 36.6. The number of thioether (sulfide) groups is 1. The van der Waals surface area contributed by atoms with Gasteiger partial charge in [0, 0.05) is 4.90 Å². The molecule has 1 fully saturated rings. The number of aryl methyl sites for hydroxylation is 1. The highest BCUT2D eigenvalue weighted by atomic mass is 32.2. The fourth-order valence-corrected chi connectivity index (χ4v) is 2.69. The van der Waals surface area contributed by atoms with E-state index in [1.165, 1.54) is 16.7 Å². The molecule has 6 heteroatoms. The van der Waals surface area contributed by atoms with Crippen LogP contribution in [0.1, 0.15) is 5.56 Å². The Labute approximate surface area is 115 Å².